The molecule has 0 aromatic heterocycles. The van der Waals surface area contributed by atoms with Gasteiger partial charge in [0.25, 0.3) is 0 Å². The average Bonchev–Trinajstić information content (AvgIpc) is 3.81. The largest absolute Gasteiger partial charge is 0.508 e. The molecule has 2 heterocycles. The van der Waals surface area contributed by atoms with E-state index in [2.05, 4.69) is 0 Å². The molecule has 7 rings (SSSR count). The van der Waals surface area contributed by atoms with E-state index in [1.54, 1.807) is 36.4 Å². The zero-order chi connectivity index (χ0) is 37.9. The molecule has 16 heteroatoms. The fourth-order valence-corrected chi connectivity index (χ4v) is 8.52. The molecule has 2 aliphatic heterocycles. The second kappa shape index (κ2) is 14.1. The summed E-state index contributed by atoms with van der Waals surface area (Å²) in [5, 5.41) is 55.0. The van der Waals surface area contributed by atoms with Crippen LogP contribution in [0.1, 0.15) is 56.5 Å². The van der Waals surface area contributed by atoms with Gasteiger partial charge in [0, 0.05) is 5.39 Å². The maximum atomic E-state index is 14.3. The van der Waals surface area contributed by atoms with Gasteiger partial charge in [0.15, 0.2) is 12.4 Å². The second-order valence-corrected chi connectivity index (χ2v) is 14.4. The van der Waals surface area contributed by atoms with Crippen LogP contribution in [-0.4, -0.2) is 113 Å². The van der Waals surface area contributed by atoms with Gasteiger partial charge in [-0.05, 0) is 77.4 Å². The van der Waals surface area contributed by atoms with E-state index in [1.807, 2.05) is 6.92 Å². The summed E-state index contributed by atoms with van der Waals surface area (Å²) in [6.45, 7) is 3.09. The van der Waals surface area contributed by atoms with Crippen molar-refractivity contribution in [2.75, 3.05) is 26.6 Å². The van der Waals surface area contributed by atoms with Crippen molar-refractivity contribution in [1.29, 1.82) is 0 Å². The molecule has 2 saturated heterocycles. The predicted octanol–water partition coefficient (Wildman–Crippen LogP) is 2.68. The zero-order valence-electron chi connectivity index (χ0n) is 29.0. The van der Waals surface area contributed by atoms with Crippen LogP contribution in [0.4, 0.5) is 4.79 Å². The molecule has 53 heavy (non-hydrogen) atoms. The summed E-state index contributed by atoms with van der Waals surface area (Å²) in [7, 11) is 2.69. The lowest BCUT2D eigenvalue weighted by Gasteiger charge is -2.40. The first-order valence-corrected chi connectivity index (χ1v) is 17.8. The summed E-state index contributed by atoms with van der Waals surface area (Å²) in [5.74, 6) is -1.70. The number of aliphatic hydroxyl groups is 4. The smallest absolute Gasteiger partial charge is 0.507 e. The van der Waals surface area contributed by atoms with E-state index in [1.165, 1.54) is 33.3 Å². The van der Waals surface area contributed by atoms with Crippen molar-refractivity contribution in [3.63, 3.8) is 0 Å². The number of carbonyl (C=O) groups excluding carboxylic acids is 3. The van der Waals surface area contributed by atoms with Gasteiger partial charge in [0.2, 0.25) is 0 Å². The van der Waals surface area contributed by atoms with Crippen LogP contribution in [0.5, 0.6) is 11.5 Å². The number of esters is 2. The number of benzene rings is 3. The SMILES string of the molecule is COC(=O)CS[C@H]1c2cc3c(cc2[C@@H](O[C@H]2O[C@H](C)[C@H](O)[C@H](O)[C@H]2O)[C@@H]1OC(=O)c1c(O)ccc2c(C)cc(OC)cc12)C=C[C@]3(O)[C@H]1COC(=O)O1. The molecule has 0 unspecified atom stereocenters. The number of hydrogen-bond acceptors (Lipinski definition) is 16. The number of phenolic OH excluding ortho intramolecular Hbond substituents is 1. The van der Waals surface area contributed by atoms with Gasteiger partial charge in [-0.15, -0.1) is 11.8 Å². The minimum Gasteiger partial charge on any atom is -0.507 e. The Labute approximate surface area is 306 Å². The third kappa shape index (κ3) is 6.37. The molecule has 2 aliphatic carbocycles. The van der Waals surface area contributed by atoms with E-state index in [0.29, 0.717) is 38.8 Å². The second-order valence-electron chi connectivity index (χ2n) is 13.3. The van der Waals surface area contributed by atoms with Crippen LogP contribution >= 0.6 is 11.8 Å². The molecule has 0 saturated carbocycles. The molecule has 5 N–H and O–H groups in total. The highest BCUT2D eigenvalue weighted by Crippen LogP contribution is 2.54. The normalized spacial score (nSPS) is 31.5. The number of ether oxygens (including phenoxy) is 7. The number of phenols is 1. The standard InChI is InChI=1S/C37H38O15S/c1-15-9-18(46-3)11-20-19(15)5-6-24(38)27(20)34(43)51-32-31(52-35-30(42)29(41)28(40)16(2)49-35)21-10-17-7-8-37(45,25-13-48-36(44)50-25)23(17)12-22(21)33(32)53-14-26(39)47-4/h5-12,16,25,28-33,35,38,40-42,45H,13-14H2,1-4H3/t16-,25-,28+,29+,30-,31-,32+,33+,35-,37-/m1/s1. The molecule has 0 bridgehead atoms. The highest BCUT2D eigenvalue weighted by Gasteiger charge is 2.53. The van der Waals surface area contributed by atoms with Crippen molar-refractivity contribution < 1.29 is 73.1 Å². The summed E-state index contributed by atoms with van der Waals surface area (Å²) in [6, 6.07) is 9.72. The number of cyclic esters (lactones) is 2. The maximum Gasteiger partial charge on any atom is 0.508 e. The Kier molecular flexibility index (Phi) is 9.82. The van der Waals surface area contributed by atoms with Gasteiger partial charge in [-0.25, -0.2) is 9.59 Å². The Bertz CT molecular complexity index is 2000. The van der Waals surface area contributed by atoms with E-state index in [4.69, 9.17) is 33.2 Å². The third-order valence-corrected chi connectivity index (χ3v) is 11.5. The molecule has 10 atom stereocenters. The number of aryl methyl sites for hydroxylation is 1. The number of carbonyl (C=O) groups is 3. The molecule has 0 spiro atoms. The molecule has 0 radical (unpaired) electrons. The molecule has 3 aromatic carbocycles. The molecular weight excluding hydrogens is 716 g/mol. The Morgan fingerprint density at radius 3 is 2.49 bits per heavy atom. The van der Waals surface area contributed by atoms with Crippen LogP contribution in [0.25, 0.3) is 16.8 Å². The Morgan fingerprint density at radius 2 is 1.79 bits per heavy atom. The minimum atomic E-state index is -1.80. The fourth-order valence-electron chi connectivity index (χ4n) is 7.31. The van der Waals surface area contributed by atoms with Crippen LogP contribution in [-0.2, 0) is 38.8 Å². The number of hydrogen-bond donors (Lipinski definition) is 5. The number of aliphatic hydroxyl groups excluding tert-OH is 3. The van der Waals surface area contributed by atoms with Gasteiger partial charge in [-0.1, -0.05) is 18.2 Å². The summed E-state index contributed by atoms with van der Waals surface area (Å²) in [6.07, 6.45) is -8.75. The van der Waals surface area contributed by atoms with Crippen molar-refractivity contribution in [3.05, 3.63) is 75.9 Å². The number of thioether (sulfide) groups is 1. The Morgan fingerprint density at radius 1 is 1.02 bits per heavy atom. The lowest BCUT2D eigenvalue weighted by molar-refractivity contribution is -0.310. The highest BCUT2D eigenvalue weighted by molar-refractivity contribution is 8.00. The molecule has 3 aromatic rings. The average molecular weight is 755 g/mol. The first-order valence-electron chi connectivity index (χ1n) is 16.7. The van der Waals surface area contributed by atoms with Crippen LogP contribution in [0.3, 0.4) is 0 Å². The van der Waals surface area contributed by atoms with Gasteiger partial charge in [-0.2, -0.15) is 0 Å². The molecule has 2 fully saturated rings. The van der Waals surface area contributed by atoms with Crippen molar-refractivity contribution in [2.45, 2.75) is 73.7 Å². The molecular formula is C37H38O15S. The molecule has 282 valence electrons. The Balaban J connectivity index is 1.35. The lowest BCUT2D eigenvalue weighted by Crippen LogP contribution is -2.57. The van der Waals surface area contributed by atoms with Gasteiger partial charge in [-0.3, -0.25) is 4.79 Å². The Hall–Kier alpha value is -4.42. The van der Waals surface area contributed by atoms with E-state index < -0.39 is 78.0 Å². The van der Waals surface area contributed by atoms with Crippen LogP contribution in [0.15, 0.2) is 42.5 Å². The summed E-state index contributed by atoms with van der Waals surface area (Å²) < 4.78 is 39.0. The number of methoxy groups -OCH3 is 2. The third-order valence-electron chi connectivity index (χ3n) is 10.2. The molecule has 4 aliphatic rings. The first kappa shape index (κ1) is 36.9. The molecule has 0 amide bonds. The van der Waals surface area contributed by atoms with E-state index in [0.717, 1.165) is 17.3 Å². The van der Waals surface area contributed by atoms with Crippen LogP contribution in [0, 0.1) is 6.92 Å². The van der Waals surface area contributed by atoms with Gasteiger partial charge in [0.05, 0.1) is 31.3 Å². The summed E-state index contributed by atoms with van der Waals surface area (Å²) in [4.78, 5) is 38.7. The van der Waals surface area contributed by atoms with Gasteiger partial charge in [0.1, 0.15) is 59.8 Å². The van der Waals surface area contributed by atoms with Crippen molar-refractivity contribution in [1.82, 2.24) is 0 Å². The first-order chi connectivity index (χ1) is 25.2. The van der Waals surface area contributed by atoms with Crippen molar-refractivity contribution in [3.8, 4) is 11.5 Å². The minimum absolute atomic E-state index is 0.167. The lowest BCUT2D eigenvalue weighted by atomic mass is 9.88. The van der Waals surface area contributed by atoms with Gasteiger partial charge < -0.3 is 58.7 Å². The van der Waals surface area contributed by atoms with Crippen molar-refractivity contribution in [2.24, 2.45) is 0 Å². The molecule has 15 nitrogen and oxygen atoms in total. The van der Waals surface area contributed by atoms with E-state index in [9.17, 15) is 39.9 Å². The maximum absolute atomic E-state index is 14.3. The predicted molar refractivity (Wildman–Crippen MR) is 185 cm³/mol. The summed E-state index contributed by atoms with van der Waals surface area (Å²) in [5.41, 5.74) is 0.496. The zero-order valence-corrected chi connectivity index (χ0v) is 29.8. The van der Waals surface area contributed by atoms with Crippen LogP contribution in [0.2, 0.25) is 0 Å². The number of rotatable bonds is 9. The topological polar surface area (TPSA) is 217 Å². The van der Waals surface area contributed by atoms with E-state index >= 15 is 0 Å². The van der Waals surface area contributed by atoms with Gasteiger partial charge >= 0.3 is 18.1 Å². The monoisotopic (exact) mass is 754 g/mol. The number of fused-ring (bicyclic) bond motifs is 3. The fraction of sp³-hybridized carbons (Fsp3) is 0.432. The quantitative estimate of drug-likeness (QED) is 0.157. The number of aromatic hydroxyl groups is 1. The highest BCUT2D eigenvalue weighted by atomic mass is 32.2. The van der Waals surface area contributed by atoms with Crippen molar-refractivity contribution >= 4 is 46.7 Å². The van der Waals surface area contributed by atoms with E-state index in [-0.39, 0.29) is 23.7 Å². The van der Waals surface area contributed by atoms with Crippen LogP contribution < -0.4 is 4.74 Å². The summed E-state index contributed by atoms with van der Waals surface area (Å²) >= 11 is 1.05.